The summed E-state index contributed by atoms with van der Waals surface area (Å²) >= 11 is 0. The summed E-state index contributed by atoms with van der Waals surface area (Å²) in [6.45, 7) is 8.66. The van der Waals surface area contributed by atoms with Gasteiger partial charge < -0.3 is 15.1 Å². The molecule has 1 N–H and O–H groups in total. The molecule has 1 saturated heterocycles. The van der Waals surface area contributed by atoms with Gasteiger partial charge in [-0.05, 0) is 49.8 Å². The SMILES string of the molecule is Cc1cccc(N2CCN(C(=O)NCC3CCCC3)CC2)c1C.Cl. The lowest BCUT2D eigenvalue weighted by atomic mass is 10.1. The number of carbonyl (C=O) groups excluding carboxylic acids is 1. The van der Waals surface area contributed by atoms with Crippen molar-refractivity contribution in [2.75, 3.05) is 37.6 Å². The number of anilines is 1. The molecule has 1 aromatic rings. The first-order valence-corrected chi connectivity index (χ1v) is 8.99. The van der Waals surface area contributed by atoms with Crippen LogP contribution in [0.5, 0.6) is 0 Å². The van der Waals surface area contributed by atoms with E-state index in [2.05, 4.69) is 42.3 Å². The van der Waals surface area contributed by atoms with E-state index < -0.39 is 0 Å². The Labute approximate surface area is 152 Å². The zero-order valence-electron chi connectivity index (χ0n) is 14.9. The number of carbonyl (C=O) groups is 1. The molecule has 0 radical (unpaired) electrons. The monoisotopic (exact) mass is 351 g/mol. The van der Waals surface area contributed by atoms with E-state index in [1.54, 1.807) is 0 Å². The number of nitrogens with zero attached hydrogens (tertiary/aromatic N) is 2. The number of amides is 2. The molecule has 2 amide bonds. The van der Waals surface area contributed by atoms with Crippen molar-refractivity contribution in [1.82, 2.24) is 10.2 Å². The third-order valence-corrected chi connectivity index (χ3v) is 5.50. The van der Waals surface area contributed by atoms with Gasteiger partial charge in [0.05, 0.1) is 0 Å². The summed E-state index contributed by atoms with van der Waals surface area (Å²) in [5, 5.41) is 3.14. The quantitative estimate of drug-likeness (QED) is 0.900. The molecule has 1 aromatic carbocycles. The highest BCUT2D eigenvalue weighted by Crippen LogP contribution is 2.25. The lowest BCUT2D eigenvalue weighted by molar-refractivity contribution is 0.192. The molecule has 4 nitrogen and oxygen atoms in total. The van der Waals surface area contributed by atoms with Crippen molar-refractivity contribution in [2.45, 2.75) is 39.5 Å². The standard InChI is InChI=1S/C19H29N3O.ClH/c1-15-6-5-9-18(16(15)2)21-10-12-22(13-11-21)19(23)20-14-17-7-3-4-8-17;/h5-6,9,17H,3-4,7-8,10-14H2,1-2H3,(H,20,23);1H. The van der Waals surface area contributed by atoms with Gasteiger partial charge in [0.2, 0.25) is 0 Å². The first-order valence-electron chi connectivity index (χ1n) is 8.99. The van der Waals surface area contributed by atoms with Crippen molar-refractivity contribution >= 4 is 24.1 Å². The van der Waals surface area contributed by atoms with Gasteiger partial charge in [0.25, 0.3) is 0 Å². The van der Waals surface area contributed by atoms with Crippen molar-refractivity contribution < 1.29 is 4.79 Å². The zero-order valence-corrected chi connectivity index (χ0v) is 15.7. The molecular weight excluding hydrogens is 322 g/mol. The number of piperazine rings is 1. The minimum Gasteiger partial charge on any atom is -0.368 e. The number of rotatable bonds is 3. The van der Waals surface area contributed by atoms with Crippen molar-refractivity contribution in [3.8, 4) is 0 Å². The van der Waals surface area contributed by atoms with E-state index in [9.17, 15) is 4.79 Å². The van der Waals surface area contributed by atoms with E-state index >= 15 is 0 Å². The molecule has 3 rings (SSSR count). The summed E-state index contributed by atoms with van der Waals surface area (Å²) < 4.78 is 0. The van der Waals surface area contributed by atoms with E-state index in [1.807, 2.05) is 4.90 Å². The Morgan fingerprint density at radius 2 is 1.79 bits per heavy atom. The number of benzene rings is 1. The largest absolute Gasteiger partial charge is 0.368 e. The van der Waals surface area contributed by atoms with Gasteiger partial charge in [0, 0.05) is 38.4 Å². The minimum atomic E-state index is 0. The molecule has 2 fully saturated rings. The van der Waals surface area contributed by atoms with Gasteiger partial charge in [-0.3, -0.25) is 0 Å². The number of hydrogen-bond donors (Lipinski definition) is 1. The van der Waals surface area contributed by atoms with Gasteiger partial charge >= 0.3 is 6.03 Å². The third-order valence-electron chi connectivity index (χ3n) is 5.50. The maximum absolute atomic E-state index is 12.3. The molecule has 1 heterocycles. The topological polar surface area (TPSA) is 35.6 Å². The first-order chi connectivity index (χ1) is 11.1. The smallest absolute Gasteiger partial charge is 0.317 e. The number of halogens is 1. The molecule has 0 spiro atoms. The van der Waals surface area contributed by atoms with Gasteiger partial charge in [0.1, 0.15) is 0 Å². The number of urea groups is 1. The molecule has 0 bridgehead atoms. The Hall–Kier alpha value is -1.42. The van der Waals surface area contributed by atoms with Crippen LogP contribution in [-0.4, -0.2) is 43.7 Å². The molecular formula is C19H30ClN3O. The van der Waals surface area contributed by atoms with E-state index in [0.29, 0.717) is 5.92 Å². The maximum atomic E-state index is 12.3. The highest BCUT2D eigenvalue weighted by molar-refractivity contribution is 5.85. The second-order valence-electron chi connectivity index (χ2n) is 7.03. The van der Waals surface area contributed by atoms with Crippen LogP contribution in [0.25, 0.3) is 0 Å². The lowest BCUT2D eigenvalue weighted by Crippen LogP contribution is -2.52. The van der Waals surface area contributed by atoms with Gasteiger partial charge in [0.15, 0.2) is 0 Å². The molecule has 2 aliphatic rings. The maximum Gasteiger partial charge on any atom is 0.317 e. The van der Waals surface area contributed by atoms with Crippen molar-refractivity contribution in [1.29, 1.82) is 0 Å². The van der Waals surface area contributed by atoms with Crippen LogP contribution in [0.1, 0.15) is 36.8 Å². The van der Waals surface area contributed by atoms with Gasteiger partial charge in [-0.1, -0.05) is 25.0 Å². The van der Waals surface area contributed by atoms with Crippen LogP contribution in [-0.2, 0) is 0 Å². The molecule has 1 aliphatic heterocycles. The summed E-state index contributed by atoms with van der Waals surface area (Å²) in [7, 11) is 0. The van der Waals surface area contributed by atoms with E-state index in [-0.39, 0.29) is 18.4 Å². The van der Waals surface area contributed by atoms with E-state index in [1.165, 1.54) is 42.5 Å². The Morgan fingerprint density at radius 1 is 1.12 bits per heavy atom. The molecule has 0 aromatic heterocycles. The van der Waals surface area contributed by atoms with Crippen LogP contribution in [0.15, 0.2) is 18.2 Å². The van der Waals surface area contributed by atoms with Crippen LogP contribution in [0, 0.1) is 19.8 Å². The zero-order chi connectivity index (χ0) is 16.2. The second kappa shape index (κ2) is 8.61. The predicted octanol–water partition coefficient (Wildman–Crippen LogP) is 3.75. The number of nitrogens with one attached hydrogen (secondary N) is 1. The fraction of sp³-hybridized carbons (Fsp3) is 0.632. The molecule has 134 valence electrons. The van der Waals surface area contributed by atoms with Crippen LogP contribution in [0.2, 0.25) is 0 Å². The molecule has 5 heteroatoms. The Morgan fingerprint density at radius 3 is 2.46 bits per heavy atom. The molecule has 24 heavy (non-hydrogen) atoms. The van der Waals surface area contributed by atoms with Crippen molar-refractivity contribution in [3.63, 3.8) is 0 Å². The van der Waals surface area contributed by atoms with Crippen LogP contribution in [0.3, 0.4) is 0 Å². The molecule has 1 aliphatic carbocycles. The van der Waals surface area contributed by atoms with E-state index in [4.69, 9.17) is 0 Å². The third kappa shape index (κ3) is 4.35. The summed E-state index contributed by atoms with van der Waals surface area (Å²) in [6.07, 6.45) is 5.21. The van der Waals surface area contributed by atoms with Crippen LogP contribution >= 0.6 is 12.4 Å². The Balaban J connectivity index is 0.00000208. The average Bonchev–Trinajstić information content (AvgIpc) is 3.09. The van der Waals surface area contributed by atoms with E-state index in [0.717, 1.165) is 32.7 Å². The van der Waals surface area contributed by atoms with Gasteiger partial charge in [-0.15, -0.1) is 12.4 Å². The van der Waals surface area contributed by atoms with Crippen molar-refractivity contribution in [3.05, 3.63) is 29.3 Å². The highest BCUT2D eigenvalue weighted by atomic mass is 35.5. The van der Waals surface area contributed by atoms with Crippen LogP contribution < -0.4 is 10.2 Å². The number of aryl methyl sites for hydroxylation is 1. The lowest BCUT2D eigenvalue weighted by Gasteiger charge is -2.37. The highest BCUT2D eigenvalue weighted by Gasteiger charge is 2.23. The van der Waals surface area contributed by atoms with Crippen molar-refractivity contribution in [2.24, 2.45) is 5.92 Å². The Bertz CT molecular complexity index is 550. The summed E-state index contributed by atoms with van der Waals surface area (Å²) in [5.74, 6) is 0.704. The molecule has 0 unspecified atom stereocenters. The summed E-state index contributed by atoms with van der Waals surface area (Å²) in [4.78, 5) is 16.7. The predicted molar refractivity (Wildman–Crippen MR) is 102 cm³/mol. The Kier molecular flexibility index (Phi) is 6.79. The normalized spacial score (nSPS) is 18.4. The second-order valence-corrected chi connectivity index (χ2v) is 7.03. The van der Waals surface area contributed by atoms with Gasteiger partial charge in [-0.25, -0.2) is 4.79 Å². The first kappa shape index (κ1) is 18.9. The molecule has 1 saturated carbocycles. The van der Waals surface area contributed by atoms with Crippen LogP contribution in [0.4, 0.5) is 10.5 Å². The van der Waals surface area contributed by atoms with Gasteiger partial charge in [-0.2, -0.15) is 0 Å². The fourth-order valence-corrected chi connectivity index (χ4v) is 3.79. The summed E-state index contributed by atoms with van der Waals surface area (Å²) in [5.41, 5.74) is 4.00. The molecule has 0 atom stereocenters. The minimum absolute atomic E-state index is 0. The fourth-order valence-electron chi connectivity index (χ4n) is 3.79. The number of hydrogen-bond acceptors (Lipinski definition) is 2. The average molecular weight is 352 g/mol. The summed E-state index contributed by atoms with van der Waals surface area (Å²) in [6, 6.07) is 6.60.